The van der Waals surface area contributed by atoms with Gasteiger partial charge in [-0.1, -0.05) is 36.9 Å². The number of ether oxygens (including phenoxy) is 1. The van der Waals surface area contributed by atoms with Gasteiger partial charge in [0.2, 0.25) is 16.0 Å². The lowest BCUT2D eigenvalue weighted by Gasteiger charge is -2.15. The second-order valence-electron chi connectivity index (χ2n) is 7.50. The summed E-state index contributed by atoms with van der Waals surface area (Å²) in [5.74, 6) is -3.75. The van der Waals surface area contributed by atoms with E-state index in [0.29, 0.717) is 30.9 Å². The number of carboxylic acid groups (broad SMARTS) is 2. The Kier molecular flexibility index (Phi) is 12.9. The van der Waals surface area contributed by atoms with Crippen molar-refractivity contribution in [3.05, 3.63) is 66.2 Å². The van der Waals surface area contributed by atoms with Crippen molar-refractivity contribution in [3.8, 4) is 5.75 Å². The number of hydrogen-bond donors (Lipinski definition) is 6. The van der Waals surface area contributed by atoms with Gasteiger partial charge < -0.3 is 20.7 Å². The smallest absolute Gasteiger partial charge is 0.490 e. The highest BCUT2D eigenvalue weighted by molar-refractivity contribution is 7.89. The second-order valence-corrected chi connectivity index (χ2v) is 9.22. The molecule has 2 aromatic carbocycles. The molecule has 16 heteroatoms. The standard InChI is InChI=1S/C21H26N4O6S.C2HF3O2/c1-2-15-6-10-18(11-7-15)32(28,29)25-19(20(26)27)14-16-4-8-17(9-5-16)30-12-3-13-31-24-21(22)23;3-2(4,5)1(6)7/h2,4-11,19,25H,1,3,12-14H2,(H,26,27)(H4,22,23,24);(H,6,7)/t19-;/m0./s1. The van der Waals surface area contributed by atoms with E-state index >= 15 is 0 Å². The maximum atomic E-state index is 12.6. The Morgan fingerprint density at radius 2 is 1.64 bits per heavy atom. The van der Waals surface area contributed by atoms with Gasteiger partial charge in [0.05, 0.1) is 18.1 Å². The van der Waals surface area contributed by atoms with Crippen molar-refractivity contribution < 1.29 is 51.0 Å². The molecule has 0 unspecified atom stereocenters. The van der Waals surface area contributed by atoms with Crippen LogP contribution in [0.4, 0.5) is 13.2 Å². The third kappa shape index (κ3) is 12.8. The largest absolute Gasteiger partial charge is 0.494 e. The van der Waals surface area contributed by atoms with Gasteiger partial charge in [0, 0.05) is 6.42 Å². The summed E-state index contributed by atoms with van der Waals surface area (Å²) in [5, 5.41) is 23.6. The normalized spacial score (nSPS) is 11.9. The molecular weight excluding hydrogens is 549 g/mol. The molecule has 0 saturated carbocycles. The minimum absolute atomic E-state index is 0.0272. The fraction of sp³-hybridized carbons (Fsp3) is 0.261. The number of halogens is 3. The molecule has 2 rings (SSSR count). The molecule has 2 aromatic rings. The van der Waals surface area contributed by atoms with Crippen LogP contribution in [0.3, 0.4) is 0 Å². The average molecular weight is 577 g/mol. The molecule has 0 aliphatic rings. The Morgan fingerprint density at radius 3 is 2.10 bits per heavy atom. The van der Waals surface area contributed by atoms with Crippen LogP contribution in [0.25, 0.3) is 6.08 Å². The van der Waals surface area contributed by atoms with E-state index in [2.05, 4.69) is 16.8 Å². The Hall–Kier alpha value is -4.15. The maximum Gasteiger partial charge on any atom is 0.490 e. The number of sulfonamides is 1. The highest BCUT2D eigenvalue weighted by atomic mass is 32.2. The van der Waals surface area contributed by atoms with Gasteiger partial charge in [0.1, 0.15) is 11.8 Å². The van der Waals surface area contributed by atoms with Crippen LogP contribution in [0, 0.1) is 5.41 Å². The number of carbonyl (C=O) groups is 2. The zero-order valence-electron chi connectivity index (χ0n) is 20.3. The summed E-state index contributed by atoms with van der Waals surface area (Å²) in [6, 6.07) is 11.3. The molecule has 0 aliphatic carbocycles. The minimum atomic E-state index is -5.08. The number of hydroxylamine groups is 1. The van der Waals surface area contributed by atoms with Crippen molar-refractivity contribution in [3.63, 3.8) is 0 Å². The van der Waals surface area contributed by atoms with Crippen LogP contribution in [0.1, 0.15) is 17.5 Å². The van der Waals surface area contributed by atoms with Gasteiger partial charge in [-0.25, -0.2) is 18.7 Å². The summed E-state index contributed by atoms with van der Waals surface area (Å²) in [7, 11) is -4.01. The van der Waals surface area contributed by atoms with Crippen LogP contribution in [0.5, 0.6) is 5.75 Å². The van der Waals surface area contributed by atoms with Gasteiger partial charge >= 0.3 is 18.1 Å². The number of benzene rings is 2. The first-order chi connectivity index (χ1) is 18.2. The van der Waals surface area contributed by atoms with Gasteiger partial charge in [0.25, 0.3) is 0 Å². The predicted octanol–water partition coefficient (Wildman–Crippen LogP) is 2.12. The van der Waals surface area contributed by atoms with Crippen LogP contribution in [0.2, 0.25) is 0 Å². The SMILES string of the molecule is C=Cc1ccc(S(=O)(=O)N[C@@H](Cc2ccc(OCCCONC(=N)N)cc2)C(=O)O)cc1.O=C(O)C(F)(F)F. The minimum Gasteiger partial charge on any atom is -0.494 e. The van der Waals surface area contributed by atoms with E-state index in [0.717, 1.165) is 5.56 Å². The quantitative estimate of drug-likeness (QED) is 0.0888. The molecule has 0 aliphatic heterocycles. The molecule has 0 amide bonds. The first kappa shape index (κ1) is 32.9. The topological polar surface area (TPSA) is 201 Å². The number of hydrogen-bond acceptors (Lipinski definition) is 7. The highest BCUT2D eigenvalue weighted by Crippen LogP contribution is 2.16. The van der Waals surface area contributed by atoms with Crippen LogP contribution >= 0.6 is 0 Å². The molecule has 0 aromatic heterocycles. The molecule has 0 radical (unpaired) electrons. The first-order valence-corrected chi connectivity index (χ1v) is 12.4. The second kappa shape index (κ2) is 15.3. The van der Waals surface area contributed by atoms with E-state index in [1.54, 1.807) is 42.5 Å². The summed E-state index contributed by atoms with van der Waals surface area (Å²) in [4.78, 5) is 25.4. The van der Waals surface area contributed by atoms with Crippen LogP contribution in [-0.2, 0) is 30.9 Å². The molecule has 0 heterocycles. The molecule has 0 bridgehead atoms. The van der Waals surface area contributed by atoms with Gasteiger partial charge in [-0.05, 0) is 41.8 Å². The maximum absolute atomic E-state index is 12.6. The number of guanidine groups is 1. The van der Waals surface area contributed by atoms with Crippen molar-refractivity contribution in [2.24, 2.45) is 5.73 Å². The molecular formula is C23H27F3N4O8S. The number of alkyl halides is 3. The predicted molar refractivity (Wildman–Crippen MR) is 133 cm³/mol. The molecule has 12 nitrogen and oxygen atoms in total. The first-order valence-electron chi connectivity index (χ1n) is 10.9. The van der Waals surface area contributed by atoms with Gasteiger partial charge in [-0.2, -0.15) is 17.9 Å². The van der Waals surface area contributed by atoms with E-state index in [1.807, 2.05) is 0 Å². The lowest BCUT2D eigenvalue weighted by atomic mass is 10.1. The van der Waals surface area contributed by atoms with Gasteiger partial charge in [0.15, 0.2) is 0 Å². The number of nitrogens with two attached hydrogens (primary N) is 1. The molecule has 39 heavy (non-hydrogen) atoms. The van der Waals surface area contributed by atoms with E-state index in [4.69, 9.17) is 30.6 Å². The van der Waals surface area contributed by atoms with Crippen molar-refractivity contribution >= 4 is 34.0 Å². The van der Waals surface area contributed by atoms with Crippen molar-refractivity contribution in [1.29, 1.82) is 5.41 Å². The highest BCUT2D eigenvalue weighted by Gasteiger charge is 2.38. The summed E-state index contributed by atoms with van der Waals surface area (Å²) in [6.07, 6.45) is -2.99. The Labute approximate surface area is 221 Å². The van der Waals surface area contributed by atoms with Crippen LogP contribution in [-0.4, -0.2) is 62.0 Å². The summed E-state index contributed by atoms with van der Waals surface area (Å²) in [5.41, 5.74) is 8.67. The van der Waals surface area contributed by atoms with Crippen LogP contribution < -0.4 is 20.7 Å². The number of aliphatic carboxylic acids is 2. The van der Waals surface area contributed by atoms with Crippen LogP contribution in [0.15, 0.2) is 60.0 Å². The number of carboxylic acids is 2. The Balaban J connectivity index is 0.000000956. The zero-order valence-corrected chi connectivity index (χ0v) is 21.1. The van der Waals surface area contributed by atoms with Crippen molar-refractivity contribution in [2.45, 2.75) is 30.0 Å². The monoisotopic (exact) mass is 576 g/mol. The Bertz CT molecular complexity index is 1220. The van der Waals surface area contributed by atoms with Gasteiger partial charge in [-0.3, -0.25) is 15.0 Å². The molecule has 0 saturated heterocycles. The summed E-state index contributed by atoms with van der Waals surface area (Å²) in [6.45, 7) is 4.27. The summed E-state index contributed by atoms with van der Waals surface area (Å²) < 4.78 is 64.7. The zero-order chi connectivity index (χ0) is 29.6. The lowest BCUT2D eigenvalue weighted by molar-refractivity contribution is -0.192. The summed E-state index contributed by atoms with van der Waals surface area (Å²) >= 11 is 0. The average Bonchev–Trinajstić information content (AvgIpc) is 2.86. The molecule has 1 atom stereocenters. The fourth-order valence-corrected chi connectivity index (χ4v) is 3.81. The lowest BCUT2D eigenvalue weighted by Crippen LogP contribution is -2.42. The molecule has 7 N–H and O–H groups in total. The fourth-order valence-electron chi connectivity index (χ4n) is 2.63. The Morgan fingerprint density at radius 1 is 1.08 bits per heavy atom. The third-order valence-corrected chi connectivity index (χ3v) is 5.96. The van der Waals surface area contributed by atoms with E-state index in [9.17, 15) is 31.5 Å². The van der Waals surface area contributed by atoms with Gasteiger partial charge in [-0.15, -0.1) is 0 Å². The molecule has 0 spiro atoms. The van der Waals surface area contributed by atoms with E-state index in [-0.39, 0.29) is 17.3 Å². The molecule has 0 fully saturated rings. The van der Waals surface area contributed by atoms with Crippen molar-refractivity contribution in [1.82, 2.24) is 10.2 Å². The number of nitrogens with one attached hydrogen (secondary N) is 3. The van der Waals surface area contributed by atoms with E-state index < -0.39 is 34.2 Å². The third-order valence-electron chi connectivity index (χ3n) is 4.47. The van der Waals surface area contributed by atoms with Crippen molar-refractivity contribution in [2.75, 3.05) is 13.2 Å². The van der Waals surface area contributed by atoms with E-state index in [1.165, 1.54) is 12.1 Å². The molecule has 214 valence electrons. The number of rotatable bonds is 13.